The van der Waals surface area contributed by atoms with E-state index in [0.29, 0.717) is 23.9 Å². The quantitative estimate of drug-likeness (QED) is 0.672. The first-order valence-corrected chi connectivity index (χ1v) is 5.97. The van der Waals surface area contributed by atoms with Gasteiger partial charge in [-0.3, -0.25) is 9.59 Å². The molecule has 0 aromatic heterocycles. The maximum Gasteiger partial charge on any atom is 0.306 e. The van der Waals surface area contributed by atoms with Crippen molar-refractivity contribution in [2.24, 2.45) is 0 Å². The molecular formula is C10H16O3S. The summed E-state index contributed by atoms with van der Waals surface area (Å²) in [7, 11) is 1.40. The highest BCUT2D eigenvalue weighted by Crippen LogP contribution is 2.26. The summed E-state index contributed by atoms with van der Waals surface area (Å²) in [5.41, 5.74) is 0. The second-order valence-electron chi connectivity index (χ2n) is 3.45. The molecule has 0 aromatic carbocycles. The predicted molar refractivity (Wildman–Crippen MR) is 56.4 cm³/mol. The van der Waals surface area contributed by atoms with Gasteiger partial charge in [-0.25, -0.2) is 0 Å². The zero-order chi connectivity index (χ0) is 10.4. The number of Topliss-reactive ketones (excluding diaryl/α,β-unsaturated/α-hetero) is 1. The number of esters is 1. The van der Waals surface area contributed by atoms with Gasteiger partial charge >= 0.3 is 5.97 Å². The minimum Gasteiger partial charge on any atom is -0.469 e. The lowest BCUT2D eigenvalue weighted by Crippen LogP contribution is -2.17. The summed E-state index contributed by atoms with van der Waals surface area (Å²) >= 11 is 1.72. The molecular weight excluding hydrogens is 200 g/mol. The number of ketones is 1. The molecule has 3 nitrogen and oxygen atoms in total. The summed E-state index contributed by atoms with van der Waals surface area (Å²) in [6, 6.07) is 0. The number of thioether (sulfide) groups is 1. The average Bonchev–Trinajstić information content (AvgIpc) is 2.17. The minimum atomic E-state index is -0.167. The lowest BCUT2D eigenvalue weighted by Gasteiger charge is -2.19. The molecule has 1 saturated carbocycles. The number of hydrogen-bond acceptors (Lipinski definition) is 4. The summed E-state index contributed by atoms with van der Waals surface area (Å²) in [6.45, 7) is 0. The van der Waals surface area contributed by atoms with Crippen LogP contribution in [0.1, 0.15) is 32.1 Å². The van der Waals surface area contributed by atoms with Gasteiger partial charge in [0.2, 0.25) is 0 Å². The molecule has 0 saturated heterocycles. The van der Waals surface area contributed by atoms with Crippen molar-refractivity contribution in [1.29, 1.82) is 0 Å². The topological polar surface area (TPSA) is 43.4 Å². The number of hydrogen-bond donors (Lipinski definition) is 0. The maximum absolute atomic E-state index is 11.1. The first kappa shape index (κ1) is 11.6. The third-order valence-corrected chi connectivity index (χ3v) is 3.64. The van der Waals surface area contributed by atoms with Gasteiger partial charge in [-0.05, 0) is 12.8 Å². The van der Waals surface area contributed by atoms with Crippen molar-refractivity contribution in [3.8, 4) is 0 Å². The molecule has 1 rings (SSSR count). The van der Waals surface area contributed by atoms with Crippen LogP contribution in [0.4, 0.5) is 0 Å². The van der Waals surface area contributed by atoms with E-state index in [-0.39, 0.29) is 5.97 Å². The lowest BCUT2D eigenvalue weighted by atomic mass is 9.99. The van der Waals surface area contributed by atoms with E-state index in [9.17, 15) is 9.59 Å². The SMILES string of the molecule is COC(=O)CCSC1CCCC(=O)C1. The van der Waals surface area contributed by atoms with E-state index in [2.05, 4.69) is 4.74 Å². The fourth-order valence-corrected chi connectivity index (χ4v) is 2.79. The van der Waals surface area contributed by atoms with Crippen molar-refractivity contribution in [1.82, 2.24) is 0 Å². The normalized spacial score (nSPS) is 22.1. The Morgan fingerprint density at radius 3 is 3.07 bits per heavy atom. The second kappa shape index (κ2) is 6.06. The fraction of sp³-hybridized carbons (Fsp3) is 0.800. The standard InChI is InChI=1S/C10H16O3S/c1-13-10(12)5-6-14-9-4-2-3-8(11)7-9/h9H,2-7H2,1H3. The van der Waals surface area contributed by atoms with E-state index in [1.807, 2.05) is 0 Å². The zero-order valence-electron chi connectivity index (χ0n) is 8.45. The van der Waals surface area contributed by atoms with Crippen LogP contribution in [0.3, 0.4) is 0 Å². The molecule has 0 aromatic rings. The Morgan fingerprint density at radius 1 is 1.64 bits per heavy atom. The van der Waals surface area contributed by atoms with Crippen LogP contribution in [0.5, 0.6) is 0 Å². The van der Waals surface area contributed by atoms with Gasteiger partial charge in [0, 0.05) is 23.8 Å². The lowest BCUT2D eigenvalue weighted by molar-refractivity contribution is -0.140. The van der Waals surface area contributed by atoms with Gasteiger partial charge in [0.05, 0.1) is 13.5 Å². The van der Waals surface area contributed by atoms with E-state index < -0.39 is 0 Å². The third kappa shape index (κ3) is 4.13. The number of carbonyl (C=O) groups excluding carboxylic acids is 2. The van der Waals surface area contributed by atoms with Gasteiger partial charge in [0.25, 0.3) is 0 Å². The molecule has 4 heteroatoms. The Kier molecular flexibility index (Phi) is 5.01. The van der Waals surface area contributed by atoms with Crippen LogP contribution < -0.4 is 0 Å². The average molecular weight is 216 g/mol. The van der Waals surface area contributed by atoms with Crippen molar-refractivity contribution in [3.63, 3.8) is 0 Å². The molecule has 1 aliphatic rings. The molecule has 0 bridgehead atoms. The van der Waals surface area contributed by atoms with Crippen molar-refractivity contribution in [2.45, 2.75) is 37.4 Å². The Bertz CT molecular complexity index is 215. The van der Waals surface area contributed by atoms with Crippen LogP contribution in [0, 0.1) is 0 Å². The monoisotopic (exact) mass is 216 g/mol. The molecule has 0 spiro atoms. The second-order valence-corrected chi connectivity index (χ2v) is 4.86. The molecule has 80 valence electrons. The smallest absolute Gasteiger partial charge is 0.306 e. The number of rotatable bonds is 4. The van der Waals surface area contributed by atoms with Crippen molar-refractivity contribution in [3.05, 3.63) is 0 Å². The largest absolute Gasteiger partial charge is 0.469 e. The van der Waals surface area contributed by atoms with Gasteiger partial charge in [0.1, 0.15) is 5.78 Å². The van der Waals surface area contributed by atoms with Crippen LogP contribution in [-0.2, 0) is 14.3 Å². The molecule has 0 radical (unpaired) electrons. The zero-order valence-corrected chi connectivity index (χ0v) is 9.27. The Labute approximate surface area is 88.6 Å². The first-order valence-electron chi connectivity index (χ1n) is 4.92. The molecule has 1 aliphatic carbocycles. The van der Waals surface area contributed by atoms with Crippen LogP contribution >= 0.6 is 11.8 Å². The van der Waals surface area contributed by atoms with Gasteiger partial charge in [-0.1, -0.05) is 0 Å². The highest BCUT2D eigenvalue weighted by atomic mass is 32.2. The number of methoxy groups -OCH3 is 1. The minimum absolute atomic E-state index is 0.167. The third-order valence-electron chi connectivity index (χ3n) is 2.32. The highest BCUT2D eigenvalue weighted by molar-refractivity contribution is 7.99. The van der Waals surface area contributed by atoms with E-state index in [1.54, 1.807) is 11.8 Å². The van der Waals surface area contributed by atoms with Crippen molar-refractivity contribution >= 4 is 23.5 Å². The van der Waals surface area contributed by atoms with Crippen LogP contribution in [-0.4, -0.2) is 29.9 Å². The molecule has 1 unspecified atom stereocenters. The molecule has 0 N–H and O–H groups in total. The van der Waals surface area contributed by atoms with Gasteiger partial charge in [0.15, 0.2) is 0 Å². The Morgan fingerprint density at radius 2 is 2.43 bits per heavy atom. The van der Waals surface area contributed by atoms with Gasteiger partial charge in [-0.2, -0.15) is 11.8 Å². The maximum atomic E-state index is 11.1. The van der Waals surface area contributed by atoms with Crippen molar-refractivity contribution < 1.29 is 14.3 Å². The first-order chi connectivity index (χ1) is 6.72. The van der Waals surface area contributed by atoms with E-state index >= 15 is 0 Å². The molecule has 14 heavy (non-hydrogen) atoms. The van der Waals surface area contributed by atoms with E-state index in [4.69, 9.17) is 0 Å². The molecule has 0 amide bonds. The summed E-state index contributed by atoms with van der Waals surface area (Å²) in [5.74, 6) is 0.969. The molecule has 0 aliphatic heterocycles. The number of ether oxygens (including phenoxy) is 1. The summed E-state index contributed by atoms with van der Waals surface area (Å²) in [4.78, 5) is 21.9. The summed E-state index contributed by atoms with van der Waals surface area (Å²) < 4.78 is 4.54. The van der Waals surface area contributed by atoms with Gasteiger partial charge < -0.3 is 4.74 Å². The highest BCUT2D eigenvalue weighted by Gasteiger charge is 2.19. The van der Waals surface area contributed by atoms with Gasteiger partial charge in [-0.15, -0.1) is 0 Å². The fourth-order valence-electron chi connectivity index (χ4n) is 1.54. The predicted octanol–water partition coefficient (Wildman–Crippen LogP) is 1.79. The summed E-state index contributed by atoms with van der Waals surface area (Å²) in [6.07, 6.45) is 4.00. The van der Waals surface area contributed by atoms with E-state index in [1.165, 1.54) is 7.11 Å². The molecule has 1 fully saturated rings. The number of carbonyl (C=O) groups is 2. The van der Waals surface area contributed by atoms with Crippen LogP contribution in [0.25, 0.3) is 0 Å². The Balaban J connectivity index is 2.11. The molecule has 0 heterocycles. The van der Waals surface area contributed by atoms with Crippen molar-refractivity contribution in [2.75, 3.05) is 12.9 Å². The van der Waals surface area contributed by atoms with E-state index in [0.717, 1.165) is 25.0 Å². The Hall–Kier alpha value is -0.510. The summed E-state index contributed by atoms with van der Waals surface area (Å²) in [5, 5.41) is 0.431. The van der Waals surface area contributed by atoms with Crippen LogP contribution in [0.2, 0.25) is 0 Å². The molecule has 1 atom stereocenters. The van der Waals surface area contributed by atoms with Crippen LogP contribution in [0.15, 0.2) is 0 Å².